The number of hydrogen-bond donors (Lipinski definition) is 2. The van der Waals surface area contributed by atoms with Gasteiger partial charge in [-0.3, -0.25) is 0 Å². The fraction of sp³-hybridized carbons (Fsp3) is 0.538. The fourth-order valence-corrected chi connectivity index (χ4v) is 2.56. The van der Waals surface area contributed by atoms with Crippen molar-refractivity contribution in [2.45, 2.75) is 19.4 Å². The van der Waals surface area contributed by atoms with Crippen molar-refractivity contribution in [3.8, 4) is 0 Å². The van der Waals surface area contributed by atoms with E-state index in [0.717, 1.165) is 19.0 Å². The van der Waals surface area contributed by atoms with Gasteiger partial charge in [-0.15, -0.1) is 0 Å². The molecule has 1 saturated heterocycles. The molecule has 2 nitrogen and oxygen atoms in total. The Morgan fingerprint density at radius 3 is 2.75 bits per heavy atom. The summed E-state index contributed by atoms with van der Waals surface area (Å²) in [5.41, 5.74) is 1.34. The Morgan fingerprint density at radius 1 is 1.25 bits per heavy atom. The van der Waals surface area contributed by atoms with Gasteiger partial charge in [-0.05, 0) is 50.0 Å². The minimum absolute atomic E-state index is 0.851. The molecular formula is C13H19BrN2. The van der Waals surface area contributed by atoms with Crippen LogP contribution in [0.2, 0.25) is 0 Å². The molecule has 2 rings (SSSR count). The van der Waals surface area contributed by atoms with Crippen LogP contribution in [0, 0.1) is 5.92 Å². The van der Waals surface area contributed by atoms with E-state index in [1.54, 1.807) is 0 Å². The van der Waals surface area contributed by atoms with Crippen molar-refractivity contribution in [1.82, 2.24) is 10.6 Å². The average Bonchev–Trinajstić information content (AvgIpc) is 2.33. The second-order valence-corrected chi connectivity index (χ2v) is 5.27. The lowest BCUT2D eigenvalue weighted by Gasteiger charge is -2.22. The highest BCUT2D eigenvalue weighted by Crippen LogP contribution is 2.16. The highest BCUT2D eigenvalue weighted by Gasteiger charge is 2.12. The normalized spacial score (nSPS) is 17.6. The number of piperidine rings is 1. The van der Waals surface area contributed by atoms with Crippen LogP contribution in [0.1, 0.15) is 18.4 Å². The third-order valence-corrected chi connectivity index (χ3v) is 3.94. The van der Waals surface area contributed by atoms with Crippen LogP contribution < -0.4 is 10.6 Å². The molecule has 1 aromatic rings. The van der Waals surface area contributed by atoms with Crippen molar-refractivity contribution >= 4 is 15.9 Å². The van der Waals surface area contributed by atoms with Crippen LogP contribution in [-0.2, 0) is 6.54 Å². The van der Waals surface area contributed by atoms with E-state index in [9.17, 15) is 0 Å². The molecule has 2 N–H and O–H groups in total. The molecule has 0 amide bonds. The highest BCUT2D eigenvalue weighted by molar-refractivity contribution is 9.10. The van der Waals surface area contributed by atoms with Gasteiger partial charge in [0.05, 0.1) is 0 Å². The maximum absolute atomic E-state index is 3.57. The van der Waals surface area contributed by atoms with Gasteiger partial charge < -0.3 is 10.6 Å². The largest absolute Gasteiger partial charge is 0.317 e. The lowest BCUT2D eigenvalue weighted by Crippen LogP contribution is -2.33. The van der Waals surface area contributed by atoms with Gasteiger partial charge in [0, 0.05) is 11.0 Å². The first kappa shape index (κ1) is 12.1. The lowest BCUT2D eigenvalue weighted by molar-refractivity contribution is 0.356. The van der Waals surface area contributed by atoms with Gasteiger partial charge >= 0.3 is 0 Å². The van der Waals surface area contributed by atoms with E-state index < -0.39 is 0 Å². The molecule has 3 heteroatoms. The van der Waals surface area contributed by atoms with Crippen LogP contribution in [0.4, 0.5) is 0 Å². The van der Waals surface area contributed by atoms with Crippen molar-refractivity contribution in [2.75, 3.05) is 19.6 Å². The van der Waals surface area contributed by atoms with Crippen LogP contribution in [0.5, 0.6) is 0 Å². The van der Waals surface area contributed by atoms with E-state index in [2.05, 4.69) is 50.8 Å². The molecule has 0 atom stereocenters. The number of rotatable bonds is 4. The first-order valence-electron chi connectivity index (χ1n) is 6.01. The Bertz CT molecular complexity index is 321. The minimum atomic E-state index is 0.851. The summed E-state index contributed by atoms with van der Waals surface area (Å²) in [6, 6.07) is 8.41. The second kappa shape index (κ2) is 6.38. The minimum Gasteiger partial charge on any atom is -0.317 e. The molecule has 1 aromatic carbocycles. The van der Waals surface area contributed by atoms with Gasteiger partial charge in [-0.1, -0.05) is 34.1 Å². The first-order chi connectivity index (χ1) is 7.86. The molecule has 88 valence electrons. The Labute approximate surface area is 106 Å². The quantitative estimate of drug-likeness (QED) is 0.887. The zero-order chi connectivity index (χ0) is 11.2. The highest BCUT2D eigenvalue weighted by atomic mass is 79.9. The molecule has 1 fully saturated rings. The topological polar surface area (TPSA) is 24.1 Å². The molecule has 0 radical (unpaired) electrons. The van der Waals surface area contributed by atoms with Gasteiger partial charge in [-0.2, -0.15) is 0 Å². The molecule has 0 unspecified atom stereocenters. The number of halogens is 1. The first-order valence-corrected chi connectivity index (χ1v) is 6.80. The van der Waals surface area contributed by atoms with Crippen LogP contribution in [0.15, 0.2) is 28.7 Å². The Kier molecular flexibility index (Phi) is 4.82. The summed E-state index contributed by atoms with van der Waals surface area (Å²) in [6.07, 6.45) is 2.62. The number of benzene rings is 1. The summed E-state index contributed by atoms with van der Waals surface area (Å²) in [7, 11) is 0. The number of nitrogens with one attached hydrogen (secondary N) is 2. The van der Waals surface area contributed by atoms with E-state index in [1.807, 2.05) is 0 Å². The van der Waals surface area contributed by atoms with Gasteiger partial charge in [0.25, 0.3) is 0 Å². The molecule has 1 aliphatic rings. The zero-order valence-corrected chi connectivity index (χ0v) is 11.1. The molecule has 0 aliphatic carbocycles. The van der Waals surface area contributed by atoms with Crippen LogP contribution >= 0.6 is 15.9 Å². The molecule has 1 heterocycles. The third-order valence-electron chi connectivity index (χ3n) is 3.17. The second-order valence-electron chi connectivity index (χ2n) is 4.42. The molecule has 0 bridgehead atoms. The van der Waals surface area contributed by atoms with E-state index >= 15 is 0 Å². The zero-order valence-electron chi connectivity index (χ0n) is 9.51. The molecule has 0 saturated carbocycles. The van der Waals surface area contributed by atoms with Gasteiger partial charge in [0.1, 0.15) is 0 Å². The average molecular weight is 283 g/mol. The third kappa shape index (κ3) is 3.58. The summed E-state index contributed by atoms with van der Waals surface area (Å²) < 4.78 is 1.20. The molecule has 1 aliphatic heterocycles. The molecule has 16 heavy (non-hydrogen) atoms. The summed E-state index contributed by atoms with van der Waals surface area (Å²) in [5, 5.41) is 6.95. The van der Waals surface area contributed by atoms with Crippen LogP contribution in [0.3, 0.4) is 0 Å². The predicted molar refractivity (Wildman–Crippen MR) is 71.4 cm³/mol. The van der Waals surface area contributed by atoms with Crippen molar-refractivity contribution in [1.29, 1.82) is 0 Å². The fourth-order valence-electron chi connectivity index (χ4n) is 2.14. The van der Waals surface area contributed by atoms with Crippen LogP contribution in [0.25, 0.3) is 0 Å². The standard InChI is InChI=1S/C13H19BrN2/c14-13-4-2-1-3-12(13)10-16-9-11-5-7-15-8-6-11/h1-4,11,15-16H,5-10H2. The number of hydrogen-bond acceptors (Lipinski definition) is 2. The van der Waals surface area contributed by atoms with Crippen molar-refractivity contribution in [3.05, 3.63) is 34.3 Å². The van der Waals surface area contributed by atoms with E-state index in [0.29, 0.717) is 0 Å². The van der Waals surface area contributed by atoms with Crippen LogP contribution in [-0.4, -0.2) is 19.6 Å². The van der Waals surface area contributed by atoms with Crippen molar-refractivity contribution in [3.63, 3.8) is 0 Å². The monoisotopic (exact) mass is 282 g/mol. The van der Waals surface area contributed by atoms with Crippen molar-refractivity contribution < 1.29 is 0 Å². The maximum Gasteiger partial charge on any atom is 0.0220 e. The molecular weight excluding hydrogens is 264 g/mol. The Hall–Kier alpha value is -0.380. The smallest absolute Gasteiger partial charge is 0.0220 e. The SMILES string of the molecule is Brc1ccccc1CNCC1CCNCC1. The van der Waals surface area contributed by atoms with Gasteiger partial charge in [-0.25, -0.2) is 0 Å². The van der Waals surface area contributed by atoms with Crippen molar-refractivity contribution in [2.24, 2.45) is 5.92 Å². The maximum atomic E-state index is 3.57. The Morgan fingerprint density at radius 2 is 2.00 bits per heavy atom. The lowest BCUT2D eigenvalue weighted by atomic mass is 9.98. The van der Waals surface area contributed by atoms with E-state index in [-0.39, 0.29) is 0 Å². The molecule has 0 aromatic heterocycles. The summed E-state index contributed by atoms with van der Waals surface area (Å²) >= 11 is 3.57. The van der Waals surface area contributed by atoms with Gasteiger partial charge in [0.2, 0.25) is 0 Å². The summed E-state index contributed by atoms with van der Waals surface area (Å²) in [6.45, 7) is 4.47. The molecule has 0 spiro atoms. The van der Waals surface area contributed by atoms with E-state index in [4.69, 9.17) is 0 Å². The predicted octanol–water partition coefficient (Wildman–Crippen LogP) is 2.54. The van der Waals surface area contributed by atoms with E-state index in [1.165, 1.54) is 36.0 Å². The van der Waals surface area contributed by atoms with Gasteiger partial charge in [0.15, 0.2) is 0 Å². The summed E-state index contributed by atoms with van der Waals surface area (Å²) in [5.74, 6) is 0.851. The summed E-state index contributed by atoms with van der Waals surface area (Å²) in [4.78, 5) is 0. The Balaban J connectivity index is 1.73.